The Morgan fingerprint density at radius 2 is 2.07 bits per heavy atom. The average Bonchev–Trinajstić information content (AvgIpc) is 3.24. The van der Waals surface area contributed by atoms with E-state index in [0.717, 1.165) is 28.2 Å². The molecular formula is C20H15F3N4O2S. The van der Waals surface area contributed by atoms with E-state index in [-0.39, 0.29) is 17.5 Å². The summed E-state index contributed by atoms with van der Waals surface area (Å²) in [5.41, 5.74) is 1.97. The minimum atomic E-state index is -4.76. The number of nitrogens with one attached hydrogen (secondary N) is 1. The zero-order chi connectivity index (χ0) is 21.3. The zero-order valence-electron chi connectivity index (χ0n) is 15.6. The normalized spacial score (nSPS) is 17.1. The lowest BCUT2D eigenvalue weighted by Crippen LogP contribution is -2.18. The molecule has 4 rings (SSSR count). The summed E-state index contributed by atoms with van der Waals surface area (Å²) in [6, 6.07) is 11.6. The number of thioether (sulfide) groups is 1. The van der Waals surface area contributed by atoms with Crippen LogP contribution in [0.25, 0.3) is 17.0 Å². The van der Waals surface area contributed by atoms with Crippen molar-refractivity contribution in [3.63, 3.8) is 0 Å². The van der Waals surface area contributed by atoms with E-state index in [0.29, 0.717) is 16.3 Å². The van der Waals surface area contributed by atoms with E-state index < -0.39 is 6.36 Å². The van der Waals surface area contributed by atoms with Gasteiger partial charge in [0.05, 0.1) is 23.2 Å². The molecule has 0 spiro atoms. The first kappa shape index (κ1) is 20.0. The van der Waals surface area contributed by atoms with Gasteiger partial charge in [0.1, 0.15) is 11.6 Å². The van der Waals surface area contributed by atoms with E-state index in [1.54, 1.807) is 30.1 Å². The van der Waals surface area contributed by atoms with Crippen molar-refractivity contribution in [1.82, 2.24) is 15.1 Å². The Kier molecular flexibility index (Phi) is 5.25. The number of amides is 1. The van der Waals surface area contributed by atoms with Crippen LogP contribution in [0.5, 0.6) is 5.75 Å². The number of aromatic nitrogens is 2. The number of hydrogen-bond acceptors (Lipinski definition) is 5. The number of nitrogens with zero attached hydrogens (tertiary/aromatic N) is 3. The molecule has 1 N–H and O–H groups in total. The fraction of sp³-hybridized carbons (Fsp3) is 0.150. The van der Waals surface area contributed by atoms with Crippen molar-refractivity contribution in [1.29, 1.82) is 0 Å². The van der Waals surface area contributed by atoms with Gasteiger partial charge in [-0.15, -0.1) is 13.2 Å². The minimum Gasteiger partial charge on any atom is -0.405 e. The van der Waals surface area contributed by atoms with Crippen LogP contribution in [-0.2, 0) is 6.54 Å². The molecule has 6 nitrogen and oxygen atoms in total. The summed E-state index contributed by atoms with van der Waals surface area (Å²) < 4.78 is 43.7. The summed E-state index contributed by atoms with van der Waals surface area (Å²) in [5.74, 6) is 0.263. The number of halogens is 3. The second-order valence-electron chi connectivity index (χ2n) is 6.37. The van der Waals surface area contributed by atoms with Gasteiger partial charge in [-0.2, -0.15) is 5.10 Å². The molecule has 3 aromatic rings. The van der Waals surface area contributed by atoms with Crippen LogP contribution in [0.2, 0.25) is 0 Å². The predicted molar refractivity (Wildman–Crippen MR) is 109 cm³/mol. The zero-order valence-corrected chi connectivity index (χ0v) is 16.4. The number of carbonyl (C=O) groups is 1. The van der Waals surface area contributed by atoms with E-state index in [4.69, 9.17) is 0 Å². The molecule has 1 amide bonds. The summed E-state index contributed by atoms with van der Waals surface area (Å²) in [7, 11) is 1.60. The first-order valence-electron chi connectivity index (χ1n) is 8.79. The molecule has 0 unspecified atom stereocenters. The number of hydrogen-bond donors (Lipinski definition) is 1. The molecular weight excluding hydrogens is 417 g/mol. The summed E-state index contributed by atoms with van der Waals surface area (Å²) in [5, 5.41) is 7.60. The highest BCUT2D eigenvalue weighted by molar-refractivity contribution is 8.18. The third kappa shape index (κ3) is 4.33. The van der Waals surface area contributed by atoms with E-state index in [2.05, 4.69) is 20.1 Å². The fourth-order valence-corrected chi connectivity index (χ4v) is 3.87. The average molecular weight is 432 g/mol. The molecule has 2 heterocycles. The molecule has 0 saturated carbocycles. The van der Waals surface area contributed by atoms with Crippen molar-refractivity contribution in [2.24, 2.45) is 4.99 Å². The lowest BCUT2D eigenvalue weighted by molar-refractivity contribution is -0.274. The number of aliphatic imine (C=N–C) groups is 1. The predicted octanol–water partition coefficient (Wildman–Crippen LogP) is 4.81. The van der Waals surface area contributed by atoms with E-state index >= 15 is 0 Å². The number of amidine groups is 1. The lowest BCUT2D eigenvalue weighted by Gasteiger charge is -2.13. The van der Waals surface area contributed by atoms with Gasteiger partial charge in [0, 0.05) is 18.0 Å². The molecule has 1 saturated heterocycles. The summed E-state index contributed by atoms with van der Waals surface area (Å²) >= 11 is 1.07. The quantitative estimate of drug-likeness (QED) is 0.643. The Morgan fingerprint density at radius 1 is 1.27 bits per heavy atom. The molecule has 1 aromatic heterocycles. The molecule has 0 aliphatic carbocycles. The van der Waals surface area contributed by atoms with Gasteiger partial charge in [-0.05, 0) is 41.6 Å². The smallest absolute Gasteiger partial charge is 0.405 e. The van der Waals surface area contributed by atoms with Gasteiger partial charge in [-0.3, -0.25) is 14.5 Å². The molecule has 0 atom stereocenters. The van der Waals surface area contributed by atoms with Crippen molar-refractivity contribution >= 4 is 39.8 Å². The van der Waals surface area contributed by atoms with Crippen LogP contribution in [0, 0.1) is 0 Å². The van der Waals surface area contributed by atoms with Gasteiger partial charge in [-0.25, -0.2) is 0 Å². The minimum absolute atomic E-state index is 0.122. The maximum Gasteiger partial charge on any atom is 0.573 e. The highest BCUT2D eigenvalue weighted by atomic mass is 32.2. The van der Waals surface area contributed by atoms with Gasteiger partial charge < -0.3 is 10.1 Å². The molecule has 0 bridgehead atoms. The van der Waals surface area contributed by atoms with Crippen molar-refractivity contribution in [3.8, 4) is 5.75 Å². The molecule has 1 aliphatic heterocycles. The van der Waals surface area contributed by atoms with Crippen molar-refractivity contribution in [2.75, 3.05) is 7.05 Å². The van der Waals surface area contributed by atoms with E-state index in [1.165, 1.54) is 12.1 Å². The first-order chi connectivity index (χ1) is 14.3. The largest absolute Gasteiger partial charge is 0.573 e. The van der Waals surface area contributed by atoms with E-state index in [9.17, 15) is 18.0 Å². The van der Waals surface area contributed by atoms with Crippen molar-refractivity contribution < 1.29 is 22.7 Å². The molecule has 1 fully saturated rings. The third-order valence-corrected chi connectivity index (χ3v) is 5.18. The highest BCUT2D eigenvalue weighted by Crippen LogP contribution is 2.29. The Balaban J connectivity index is 1.62. The lowest BCUT2D eigenvalue weighted by atomic mass is 10.1. The number of rotatable bonds is 4. The van der Waals surface area contributed by atoms with Crippen LogP contribution < -0.4 is 10.1 Å². The number of alkyl halides is 3. The number of benzene rings is 2. The van der Waals surface area contributed by atoms with Gasteiger partial charge in [0.15, 0.2) is 0 Å². The third-order valence-electron chi connectivity index (χ3n) is 4.36. The molecule has 30 heavy (non-hydrogen) atoms. The standard InChI is InChI=1S/C20H15F3N4O2S/c1-24-18-17(30-19(28)26-18)9-12-6-7-15-14(8-12)10-25-27(15)11-13-4-2-3-5-16(13)29-20(21,22)23/h2-10H,11H2,1H3,(H,24,26,28)/b17-9-. The maximum absolute atomic E-state index is 12.7. The Hall–Kier alpha value is -3.27. The second-order valence-corrected chi connectivity index (χ2v) is 7.39. The molecule has 2 aromatic carbocycles. The van der Waals surface area contributed by atoms with E-state index in [1.807, 2.05) is 24.3 Å². The molecule has 0 radical (unpaired) electrons. The Labute approximate surface area is 173 Å². The highest BCUT2D eigenvalue weighted by Gasteiger charge is 2.32. The first-order valence-corrected chi connectivity index (χ1v) is 9.61. The molecule has 154 valence electrons. The van der Waals surface area contributed by atoms with Crippen molar-refractivity contribution in [2.45, 2.75) is 12.9 Å². The monoisotopic (exact) mass is 432 g/mol. The van der Waals surface area contributed by atoms with Gasteiger partial charge in [0.2, 0.25) is 0 Å². The van der Waals surface area contributed by atoms with Crippen LogP contribution in [0.3, 0.4) is 0 Å². The number of fused-ring (bicyclic) bond motifs is 1. The van der Waals surface area contributed by atoms with Crippen molar-refractivity contribution in [3.05, 3.63) is 64.7 Å². The fourth-order valence-electron chi connectivity index (χ4n) is 3.09. The summed E-state index contributed by atoms with van der Waals surface area (Å²) in [4.78, 5) is 16.3. The van der Waals surface area contributed by atoms with Crippen LogP contribution >= 0.6 is 11.8 Å². The summed E-state index contributed by atoms with van der Waals surface area (Å²) in [6.07, 6.45) is -1.28. The van der Waals surface area contributed by atoms with Gasteiger partial charge >= 0.3 is 6.36 Å². The molecule has 1 aliphatic rings. The summed E-state index contributed by atoms with van der Waals surface area (Å²) in [6.45, 7) is 0.122. The maximum atomic E-state index is 12.7. The van der Waals surface area contributed by atoms with Crippen LogP contribution in [0.1, 0.15) is 11.1 Å². The SMILES string of the molecule is CN=C1NC(=O)S/C1=C\c1ccc2c(cnn2Cc2ccccc2OC(F)(F)F)c1. The molecule has 10 heteroatoms. The van der Waals surface area contributed by atoms with Gasteiger partial charge in [-0.1, -0.05) is 24.3 Å². The number of carbonyl (C=O) groups excluding carboxylic acids is 1. The van der Waals surface area contributed by atoms with Gasteiger partial charge in [0.25, 0.3) is 5.24 Å². The Bertz CT molecular complexity index is 1180. The number of ether oxygens (including phenoxy) is 1. The number of para-hydroxylation sites is 1. The Morgan fingerprint density at radius 3 is 2.83 bits per heavy atom. The van der Waals surface area contributed by atoms with Crippen LogP contribution in [0.4, 0.5) is 18.0 Å². The second kappa shape index (κ2) is 7.86. The topological polar surface area (TPSA) is 68.5 Å². The van der Waals surface area contributed by atoms with Crippen LogP contribution in [0.15, 0.2) is 58.6 Å². The van der Waals surface area contributed by atoms with Crippen LogP contribution in [-0.4, -0.2) is 34.3 Å².